The maximum atomic E-state index is 13.5. The van der Waals surface area contributed by atoms with Gasteiger partial charge in [-0.1, -0.05) is 0 Å². The Balaban J connectivity index is 6.34. The first-order valence-electron chi connectivity index (χ1n) is 6.54. The fraction of sp³-hybridized carbons (Fsp3) is 0.909. The van der Waals surface area contributed by atoms with Gasteiger partial charge >= 0.3 is 35.8 Å². The summed E-state index contributed by atoms with van der Waals surface area (Å²) in [7, 11) is 0. The van der Waals surface area contributed by atoms with E-state index in [0.29, 0.717) is 0 Å². The standard InChI is InChI=1S/C11H10F13NO2/c1-2-25(3-4-26)5(27)6(12,13)7(14,15)8(16,17)9(18,19)10(20,21)11(22,23)24/h26H,2-4H2,1H3. The van der Waals surface area contributed by atoms with Gasteiger partial charge in [0, 0.05) is 13.1 Å². The number of rotatable bonds is 8. The minimum Gasteiger partial charge on any atom is -0.395 e. The van der Waals surface area contributed by atoms with Crippen LogP contribution in [0.2, 0.25) is 0 Å². The first kappa shape index (κ1) is 25.5. The van der Waals surface area contributed by atoms with Crippen LogP contribution in [0.5, 0.6) is 0 Å². The van der Waals surface area contributed by atoms with Gasteiger partial charge in [0.15, 0.2) is 0 Å². The highest BCUT2D eigenvalue weighted by Crippen LogP contribution is 2.60. The average molecular weight is 435 g/mol. The molecule has 0 radical (unpaired) electrons. The summed E-state index contributed by atoms with van der Waals surface area (Å²) in [5.74, 6) is -41.7. The molecular formula is C11H10F13NO2. The number of nitrogens with zero attached hydrogens (tertiary/aromatic N) is 1. The largest absolute Gasteiger partial charge is 0.460 e. The molecule has 16 heteroatoms. The summed E-state index contributed by atoms with van der Waals surface area (Å²) in [5, 5.41) is 8.45. The van der Waals surface area contributed by atoms with E-state index in [1.165, 1.54) is 0 Å². The van der Waals surface area contributed by atoms with Gasteiger partial charge < -0.3 is 10.0 Å². The van der Waals surface area contributed by atoms with Gasteiger partial charge in [-0.25, -0.2) is 0 Å². The Labute approximate surface area is 141 Å². The number of carbonyl (C=O) groups is 1. The molecule has 0 aliphatic carbocycles. The van der Waals surface area contributed by atoms with E-state index in [2.05, 4.69) is 0 Å². The SMILES string of the molecule is CCN(CCO)C(=O)C(F)(F)C(F)(F)C(F)(F)C(F)(F)C(F)(F)C(F)(F)F. The van der Waals surface area contributed by atoms with Gasteiger partial charge in [0.2, 0.25) is 0 Å². The lowest BCUT2D eigenvalue weighted by atomic mass is 9.93. The number of alkyl halides is 13. The summed E-state index contributed by atoms with van der Waals surface area (Å²) in [6.07, 6.45) is -7.51. The molecule has 0 aromatic rings. The zero-order valence-corrected chi connectivity index (χ0v) is 12.8. The van der Waals surface area contributed by atoms with Crippen LogP contribution in [0.1, 0.15) is 6.92 Å². The van der Waals surface area contributed by atoms with E-state index in [1.807, 2.05) is 0 Å². The molecule has 3 nitrogen and oxygen atoms in total. The summed E-state index contributed by atoms with van der Waals surface area (Å²) in [6, 6.07) is 0. The molecule has 0 saturated carbocycles. The van der Waals surface area contributed by atoms with E-state index in [1.54, 1.807) is 0 Å². The lowest BCUT2D eigenvalue weighted by Gasteiger charge is -2.40. The second-order valence-corrected chi connectivity index (χ2v) is 4.98. The molecule has 1 N–H and O–H groups in total. The quantitative estimate of drug-likeness (QED) is 0.593. The normalized spacial score (nSPS) is 15.1. The van der Waals surface area contributed by atoms with Gasteiger partial charge in [-0.15, -0.1) is 0 Å². The summed E-state index contributed by atoms with van der Waals surface area (Å²) in [4.78, 5) is 10.8. The van der Waals surface area contributed by atoms with Crippen LogP contribution in [0, 0.1) is 0 Å². The summed E-state index contributed by atoms with van der Waals surface area (Å²) in [5.41, 5.74) is 0. The van der Waals surface area contributed by atoms with Crippen molar-refractivity contribution in [1.82, 2.24) is 4.90 Å². The third-order valence-electron chi connectivity index (χ3n) is 3.24. The maximum absolute atomic E-state index is 13.5. The lowest BCUT2D eigenvalue weighted by molar-refractivity contribution is -0.436. The molecule has 0 aliphatic rings. The van der Waals surface area contributed by atoms with Crippen LogP contribution in [0.3, 0.4) is 0 Å². The average Bonchev–Trinajstić information content (AvgIpc) is 2.49. The molecule has 0 aliphatic heterocycles. The zero-order chi connectivity index (χ0) is 22.3. The minimum absolute atomic E-state index is 0.427. The molecule has 0 aromatic carbocycles. The van der Waals surface area contributed by atoms with Crippen molar-refractivity contribution in [2.75, 3.05) is 19.7 Å². The predicted octanol–water partition coefficient (Wildman–Crippen LogP) is 3.57. The number of hydrogen-bond donors (Lipinski definition) is 1. The number of likely N-dealkylation sites (N-methyl/N-ethyl adjacent to an activating group) is 1. The Morgan fingerprint density at radius 3 is 1.41 bits per heavy atom. The molecule has 0 aromatic heterocycles. The van der Waals surface area contributed by atoms with Crippen LogP contribution in [-0.4, -0.2) is 71.4 Å². The number of aliphatic hydroxyl groups excluding tert-OH is 1. The first-order valence-corrected chi connectivity index (χ1v) is 6.54. The van der Waals surface area contributed by atoms with Crippen LogP contribution < -0.4 is 0 Å². The second kappa shape index (κ2) is 7.16. The highest BCUT2D eigenvalue weighted by Gasteiger charge is 2.91. The monoisotopic (exact) mass is 435 g/mol. The van der Waals surface area contributed by atoms with Crippen molar-refractivity contribution in [3.8, 4) is 0 Å². The van der Waals surface area contributed by atoms with Crippen molar-refractivity contribution in [2.24, 2.45) is 0 Å². The maximum Gasteiger partial charge on any atom is 0.460 e. The van der Waals surface area contributed by atoms with E-state index in [9.17, 15) is 61.9 Å². The molecule has 162 valence electrons. The van der Waals surface area contributed by atoms with Gasteiger partial charge in [-0.2, -0.15) is 57.1 Å². The molecule has 27 heavy (non-hydrogen) atoms. The third kappa shape index (κ3) is 3.63. The van der Waals surface area contributed by atoms with Gasteiger partial charge in [-0.3, -0.25) is 4.79 Å². The van der Waals surface area contributed by atoms with E-state index in [-0.39, 0.29) is 0 Å². The van der Waals surface area contributed by atoms with Crippen molar-refractivity contribution < 1.29 is 67.0 Å². The van der Waals surface area contributed by atoms with Crippen LogP contribution in [0.25, 0.3) is 0 Å². The van der Waals surface area contributed by atoms with Crippen LogP contribution in [0.15, 0.2) is 0 Å². The number of amides is 1. The van der Waals surface area contributed by atoms with Crippen molar-refractivity contribution in [3.05, 3.63) is 0 Å². The summed E-state index contributed by atoms with van der Waals surface area (Å²) >= 11 is 0. The molecule has 0 atom stereocenters. The van der Waals surface area contributed by atoms with E-state index in [4.69, 9.17) is 5.11 Å². The molecule has 0 fully saturated rings. The highest BCUT2D eigenvalue weighted by molar-refractivity contribution is 5.85. The van der Waals surface area contributed by atoms with Crippen LogP contribution in [-0.2, 0) is 4.79 Å². The molecule has 0 saturated heterocycles. The fourth-order valence-corrected chi connectivity index (χ4v) is 1.63. The van der Waals surface area contributed by atoms with Crippen LogP contribution >= 0.6 is 0 Å². The molecule has 0 spiro atoms. The highest BCUT2D eigenvalue weighted by atomic mass is 19.4. The predicted molar refractivity (Wildman–Crippen MR) is 60.1 cm³/mol. The van der Waals surface area contributed by atoms with E-state index < -0.39 is 66.3 Å². The zero-order valence-electron chi connectivity index (χ0n) is 12.8. The van der Waals surface area contributed by atoms with Gasteiger partial charge in [-0.05, 0) is 6.92 Å². The summed E-state index contributed by atoms with van der Waals surface area (Å²) < 4.78 is 167. The molecule has 0 bridgehead atoms. The van der Waals surface area contributed by atoms with Crippen molar-refractivity contribution in [2.45, 2.75) is 42.7 Å². The lowest BCUT2D eigenvalue weighted by Crippen LogP contribution is -2.72. The minimum atomic E-state index is -8.06. The second-order valence-electron chi connectivity index (χ2n) is 4.98. The molecular weight excluding hydrogens is 425 g/mol. The Morgan fingerprint density at radius 2 is 1.11 bits per heavy atom. The Hall–Kier alpha value is -1.48. The molecule has 0 unspecified atom stereocenters. The van der Waals surface area contributed by atoms with Crippen molar-refractivity contribution in [3.63, 3.8) is 0 Å². The number of halogens is 13. The van der Waals surface area contributed by atoms with E-state index >= 15 is 0 Å². The molecule has 0 rings (SSSR count). The van der Waals surface area contributed by atoms with Gasteiger partial charge in [0.05, 0.1) is 6.61 Å². The first-order chi connectivity index (χ1) is 11.7. The smallest absolute Gasteiger partial charge is 0.395 e. The van der Waals surface area contributed by atoms with Gasteiger partial charge in [0.25, 0.3) is 5.91 Å². The number of hydrogen-bond acceptors (Lipinski definition) is 2. The topological polar surface area (TPSA) is 40.5 Å². The Kier molecular flexibility index (Phi) is 6.77. The fourth-order valence-electron chi connectivity index (χ4n) is 1.63. The number of aliphatic hydroxyl groups is 1. The van der Waals surface area contributed by atoms with Gasteiger partial charge in [0.1, 0.15) is 0 Å². The number of carbonyl (C=O) groups excluding carboxylic acids is 1. The van der Waals surface area contributed by atoms with Crippen LogP contribution in [0.4, 0.5) is 57.1 Å². The van der Waals surface area contributed by atoms with Crippen molar-refractivity contribution in [1.29, 1.82) is 0 Å². The summed E-state index contributed by atoms with van der Waals surface area (Å²) in [6.45, 7) is -2.51. The van der Waals surface area contributed by atoms with E-state index in [0.717, 1.165) is 6.92 Å². The molecule has 0 heterocycles. The van der Waals surface area contributed by atoms with Crippen molar-refractivity contribution >= 4 is 5.91 Å². The Bertz CT molecular complexity index is 543. The Morgan fingerprint density at radius 1 is 0.741 bits per heavy atom. The third-order valence-corrected chi connectivity index (χ3v) is 3.24. The molecule has 1 amide bonds.